The maximum atomic E-state index is 13.5. The molecule has 1 amide bonds. The van der Waals surface area contributed by atoms with Crippen molar-refractivity contribution in [2.75, 3.05) is 6.54 Å². The van der Waals surface area contributed by atoms with Crippen LogP contribution in [0.2, 0.25) is 0 Å². The molecular weight excluding hydrogens is 582 g/mol. The average Bonchev–Trinajstić information content (AvgIpc) is 3.31. The highest BCUT2D eigenvalue weighted by molar-refractivity contribution is 7.91. The molecule has 43 heavy (non-hydrogen) atoms. The number of thiocarbonyl (C=S) groups is 1. The Balaban J connectivity index is 1.26. The van der Waals surface area contributed by atoms with Gasteiger partial charge in [0, 0.05) is 18.7 Å². The third-order valence-electron chi connectivity index (χ3n) is 7.00. The second-order valence-corrected chi connectivity index (χ2v) is 12.3. The highest BCUT2D eigenvalue weighted by atomic mass is 32.2. The van der Waals surface area contributed by atoms with Gasteiger partial charge in [0.15, 0.2) is 5.11 Å². The molecule has 0 saturated heterocycles. The van der Waals surface area contributed by atoms with Crippen LogP contribution in [-0.2, 0) is 27.8 Å². The van der Waals surface area contributed by atoms with E-state index in [1.54, 1.807) is 35.2 Å². The largest absolute Gasteiger partial charge is 0.358 e. The van der Waals surface area contributed by atoms with E-state index in [4.69, 9.17) is 12.2 Å². The minimum Gasteiger partial charge on any atom is -0.358 e. The summed E-state index contributed by atoms with van der Waals surface area (Å²) >= 11 is 5.19. The third-order valence-corrected chi connectivity index (χ3v) is 8.74. The van der Waals surface area contributed by atoms with Crippen LogP contribution in [0.15, 0.2) is 120 Å². The zero-order valence-electron chi connectivity index (χ0n) is 23.5. The van der Waals surface area contributed by atoms with Crippen LogP contribution >= 0.6 is 12.2 Å². The van der Waals surface area contributed by atoms with Gasteiger partial charge >= 0.3 is 0 Å². The lowest BCUT2D eigenvalue weighted by atomic mass is 10.1. The Labute approximate surface area is 256 Å². The van der Waals surface area contributed by atoms with E-state index in [2.05, 4.69) is 10.0 Å². The predicted molar refractivity (Wildman–Crippen MR) is 172 cm³/mol. The number of aryl methyl sites for hydroxylation is 1. The summed E-state index contributed by atoms with van der Waals surface area (Å²) in [6.07, 6.45) is 4.11. The smallest absolute Gasteiger partial charge is 0.263 e. The van der Waals surface area contributed by atoms with Crippen molar-refractivity contribution in [2.45, 2.75) is 24.8 Å². The molecule has 1 aliphatic rings. The Morgan fingerprint density at radius 2 is 1.56 bits per heavy atom. The molecule has 1 aliphatic heterocycles. The van der Waals surface area contributed by atoms with E-state index >= 15 is 0 Å². The van der Waals surface area contributed by atoms with Crippen LogP contribution in [0, 0.1) is 12.7 Å². The molecule has 0 fully saturated rings. The second-order valence-electron chi connectivity index (χ2n) is 10.2. The van der Waals surface area contributed by atoms with Gasteiger partial charge in [0.25, 0.3) is 15.9 Å². The number of carbonyl (C=O) groups is 1. The van der Waals surface area contributed by atoms with E-state index in [1.165, 1.54) is 24.3 Å². The quantitative estimate of drug-likeness (QED) is 0.179. The topological polar surface area (TPSA) is 78.5 Å². The van der Waals surface area contributed by atoms with Crippen LogP contribution in [0.1, 0.15) is 27.8 Å². The summed E-state index contributed by atoms with van der Waals surface area (Å²) < 4.78 is 41.6. The van der Waals surface area contributed by atoms with Crippen molar-refractivity contribution in [3.8, 4) is 0 Å². The molecule has 0 atom stereocenters. The number of nitrogens with one attached hydrogen (secondary N) is 2. The maximum Gasteiger partial charge on any atom is 0.263 e. The first kappa shape index (κ1) is 29.9. The van der Waals surface area contributed by atoms with Gasteiger partial charge in [0.05, 0.1) is 10.6 Å². The van der Waals surface area contributed by atoms with Crippen LogP contribution in [-0.4, -0.2) is 30.9 Å². The lowest BCUT2D eigenvalue weighted by Gasteiger charge is -2.21. The van der Waals surface area contributed by atoms with Gasteiger partial charge in [0.1, 0.15) is 5.82 Å². The van der Waals surface area contributed by atoms with Gasteiger partial charge in [-0.25, -0.2) is 12.8 Å². The van der Waals surface area contributed by atoms with Crippen molar-refractivity contribution in [1.82, 2.24) is 14.9 Å². The number of hydrogen-bond donors (Lipinski definition) is 2. The average molecular weight is 612 g/mol. The normalized spacial score (nSPS) is 14.1. The molecule has 4 aromatic rings. The summed E-state index contributed by atoms with van der Waals surface area (Å²) in [6, 6.07) is 30.0. The second kappa shape index (κ2) is 13.1. The van der Waals surface area contributed by atoms with Gasteiger partial charge in [-0.2, -0.15) is 0 Å². The molecule has 0 radical (unpaired) electrons. The van der Waals surface area contributed by atoms with Crippen LogP contribution < -0.4 is 10.0 Å². The molecule has 0 unspecified atom stereocenters. The van der Waals surface area contributed by atoms with Crippen molar-refractivity contribution in [3.63, 3.8) is 0 Å². The maximum absolute atomic E-state index is 13.5. The molecule has 0 saturated carbocycles. The van der Waals surface area contributed by atoms with Crippen LogP contribution in [0.3, 0.4) is 0 Å². The Kier molecular flexibility index (Phi) is 9.13. The standard InChI is InChI=1S/C34H30FN3O3S2/c1-24-7-13-28(14-8-24)32-22-29(21-26-9-15-30(35)16-10-26)33(39)38(32)20-19-25-11-17-31(18-12-25)43(40,41)37-34(42)36-23-27-5-3-2-4-6-27/h2-18,21-22H,19-20,23H2,1H3,(H2,36,37,42)/b29-21+. The summed E-state index contributed by atoms with van der Waals surface area (Å²) in [5.41, 5.74) is 5.88. The molecule has 4 aromatic carbocycles. The van der Waals surface area contributed by atoms with Crippen molar-refractivity contribution >= 4 is 45.0 Å². The first-order valence-electron chi connectivity index (χ1n) is 13.7. The highest BCUT2D eigenvalue weighted by Crippen LogP contribution is 2.31. The Morgan fingerprint density at radius 3 is 2.23 bits per heavy atom. The van der Waals surface area contributed by atoms with Gasteiger partial charge < -0.3 is 10.2 Å². The molecule has 5 rings (SSSR count). The zero-order chi connectivity index (χ0) is 30.4. The monoisotopic (exact) mass is 611 g/mol. The first-order chi connectivity index (χ1) is 20.7. The summed E-state index contributed by atoms with van der Waals surface area (Å²) in [5.74, 6) is -0.491. The fraction of sp³-hybridized carbons (Fsp3) is 0.118. The number of carbonyl (C=O) groups excluding carboxylic acids is 1. The number of amides is 1. The Morgan fingerprint density at radius 1 is 0.884 bits per heavy atom. The van der Waals surface area contributed by atoms with E-state index in [0.29, 0.717) is 25.1 Å². The minimum absolute atomic E-state index is 0.0143. The molecule has 0 spiro atoms. The van der Waals surface area contributed by atoms with Crippen molar-refractivity contribution < 1.29 is 17.6 Å². The number of hydrogen-bond acceptors (Lipinski definition) is 4. The van der Waals surface area contributed by atoms with Gasteiger partial charge in [-0.3, -0.25) is 9.52 Å². The molecule has 0 aromatic heterocycles. The highest BCUT2D eigenvalue weighted by Gasteiger charge is 2.29. The Bertz CT molecular complexity index is 1780. The van der Waals surface area contributed by atoms with E-state index in [0.717, 1.165) is 33.5 Å². The van der Waals surface area contributed by atoms with E-state index in [9.17, 15) is 17.6 Å². The number of nitrogens with zero attached hydrogens (tertiary/aromatic N) is 1. The lowest BCUT2D eigenvalue weighted by molar-refractivity contribution is -0.122. The Hall–Kier alpha value is -4.60. The van der Waals surface area contributed by atoms with Gasteiger partial charge in [-0.1, -0.05) is 84.4 Å². The minimum atomic E-state index is -3.87. The molecule has 9 heteroatoms. The van der Waals surface area contributed by atoms with Gasteiger partial charge in [-0.05, 0) is 84.2 Å². The number of benzene rings is 4. The van der Waals surface area contributed by atoms with Crippen molar-refractivity contribution in [2.24, 2.45) is 0 Å². The van der Waals surface area contributed by atoms with Crippen molar-refractivity contribution in [3.05, 3.63) is 148 Å². The van der Waals surface area contributed by atoms with E-state index < -0.39 is 10.0 Å². The number of sulfonamides is 1. The van der Waals surface area contributed by atoms with E-state index in [-0.39, 0.29) is 21.7 Å². The zero-order valence-corrected chi connectivity index (χ0v) is 25.1. The van der Waals surface area contributed by atoms with Crippen LogP contribution in [0.5, 0.6) is 0 Å². The molecule has 6 nitrogen and oxygen atoms in total. The lowest BCUT2D eigenvalue weighted by Crippen LogP contribution is -2.38. The fourth-order valence-corrected chi connectivity index (χ4v) is 5.98. The summed E-state index contributed by atoms with van der Waals surface area (Å²) in [5, 5.41) is 2.93. The molecule has 218 valence electrons. The van der Waals surface area contributed by atoms with E-state index in [1.807, 2.05) is 67.6 Å². The summed E-state index contributed by atoms with van der Waals surface area (Å²) in [7, 11) is -3.87. The predicted octanol–water partition coefficient (Wildman–Crippen LogP) is 6.00. The number of halogens is 1. The van der Waals surface area contributed by atoms with Gasteiger partial charge in [-0.15, -0.1) is 0 Å². The molecule has 0 bridgehead atoms. The molecule has 1 heterocycles. The van der Waals surface area contributed by atoms with Crippen molar-refractivity contribution in [1.29, 1.82) is 0 Å². The third kappa shape index (κ3) is 7.63. The molecule has 0 aliphatic carbocycles. The SMILES string of the molecule is Cc1ccc(C2=C/C(=C\c3ccc(F)cc3)C(=O)N2CCc2ccc(S(=O)(=O)NC(=S)NCc3ccccc3)cc2)cc1. The summed E-state index contributed by atoms with van der Waals surface area (Å²) in [4.78, 5) is 15.3. The van der Waals surface area contributed by atoms with Crippen LogP contribution in [0.4, 0.5) is 4.39 Å². The number of rotatable bonds is 9. The first-order valence-corrected chi connectivity index (χ1v) is 15.6. The van der Waals surface area contributed by atoms with Gasteiger partial charge in [0.2, 0.25) is 0 Å². The summed E-state index contributed by atoms with van der Waals surface area (Å²) in [6.45, 7) is 2.79. The molecule has 2 N–H and O–H groups in total. The van der Waals surface area contributed by atoms with Crippen LogP contribution in [0.25, 0.3) is 11.8 Å². The molecular formula is C34H30FN3O3S2. The fourth-order valence-electron chi connectivity index (χ4n) is 4.65.